The summed E-state index contributed by atoms with van der Waals surface area (Å²) in [6.45, 7) is 3.07. The van der Waals surface area contributed by atoms with Crippen LogP contribution in [0.25, 0.3) is 0 Å². The molecule has 0 aromatic heterocycles. The van der Waals surface area contributed by atoms with E-state index in [2.05, 4.69) is 0 Å². The van der Waals surface area contributed by atoms with Crippen molar-refractivity contribution in [2.24, 2.45) is 5.73 Å². The maximum absolute atomic E-state index is 13.4. The quantitative estimate of drug-likeness (QED) is 0.798. The van der Waals surface area contributed by atoms with Crippen molar-refractivity contribution >= 4 is 11.6 Å². The average Bonchev–Trinajstić information content (AvgIpc) is 2.01. The van der Waals surface area contributed by atoms with Crippen LogP contribution < -0.4 is 5.73 Å². The van der Waals surface area contributed by atoms with Gasteiger partial charge in [-0.3, -0.25) is 0 Å². The van der Waals surface area contributed by atoms with Crippen molar-refractivity contribution in [3.63, 3.8) is 0 Å². The minimum atomic E-state index is -1.16. The summed E-state index contributed by atoms with van der Waals surface area (Å²) in [5.74, 6) is -0.493. The summed E-state index contributed by atoms with van der Waals surface area (Å²) in [5, 5.41) is 9.92. The number of benzene rings is 1. The van der Waals surface area contributed by atoms with Gasteiger partial charge in [-0.05, 0) is 26.0 Å². The number of rotatable bonds is 2. The Hall–Kier alpha value is -0.640. The van der Waals surface area contributed by atoms with Gasteiger partial charge in [0.25, 0.3) is 0 Å². The molecule has 1 rings (SSSR count). The summed E-state index contributed by atoms with van der Waals surface area (Å²) in [6, 6.07) is 3.45. The van der Waals surface area contributed by atoms with Crippen LogP contribution in [-0.4, -0.2) is 10.7 Å². The normalized spacial score (nSPS) is 14.1. The van der Waals surface area contributed by atoms with Crippen LogP contribution in [0.2, 0.25) is 5.02 Å². The third kappa shape index (κ3) is 2.44. The van der Waals surface area contributed by atoms with E-state index >= 15 is 0 Å². The van der Waals surface area contributed by atoms with E-state index in [0.717, 1.165) is 0 Å². The van der Waals surface area contributed by atoms with Crippen molar-refractivity contribution in [1.82, 2.24) is 0 Å². The van der Waals surface area contributed by atoms with Gasteiger partial charge in [0, 0.05) is 10.6 Å². The van der Waals surface area contributed by atoms with Crippen molar-refractivity contribution in [3.05, 3.63) is 34.6 Å². The highest BCUT2D eigenvalue weighted by Crippen LogP contribution is 2.26. The lowest BCUT2D eigenvalue weighted by Crippen LogP contribution is -2.35. The molecular weight excluding hydrogens is 205 g/mol. The van der Waals surface area contributed by atoms with Crippen LogP contribution in [0.5, 0.6) is 0 Å². The summed E-state index contributed by atoms with van der Waals surface area (Å²) in [5.41, 5.74) is 4.80. The van der Waals surface area contributed by atoms with E-state index < -0.39 is 17.5 Å². The fraction of sp³-hybridized carbons (Fsp3) is 0.400. The Labute approximate surface area is 87.5 Å². The fourth-order valence-corrected chi connectivity index (χ4v) is 1.29. The molecule has 0 aliphatic heterocycles. The summed E-state index contributed by atoms with van der Waals surface area (Å²) in [7, 11) is 0. The number of hydrogen-bond donors (Lipinski definition) is 2. The molecule has 0 heterocycles. The minimum absolute atomic E-state index is 0.266. The third-order valence-electron chi connectivity index (χ3n) is 2.06. The first-order chi connectivity index (χ1) is 6.32. The van der Waals surface area contributed by atoms with Crippen LogP contribution >= 0.6 is 11.6 Å². The van der Waals surface area contributed by atoms with Crippen LogP contribution in [0, 0.1) is 5.82 Å². The van der Waals surface area contributed by atoms with Crippen LogP contribution in [-0.2, 0) is 0 Å². The Morgan fingerprint density at radius 2 is 2.07 bits per heavy atom. The van der Waals surface area contributed by atoms with Crippen LogP contribution in [0.1, 0.15) is 25.5 Å². The Morgan fingerprint density at radius 3 is 2.50 bits per heavy atom. The number of nitrogens with two attached hydrogens (primary N) is 1. The van der Waals surface area contributed by atoms with Gasteiger partial charge in [0.15, 0.2) is 0 Å². The van der Waals surface area contributed by atoms with Crippen LogP contribution in [0.15, 0.2) is 18.2 Å². The molecule has 0 aliphatic carbocycles. The molecule has 78 valence electrons. The topological polar surface area (TPSA) is 46.2 Å². The highest BCUT2D eigenvalue weighted by Gasteiger charge is 2.26. The molecule has 0 radical (unpaired) electrons. The molecule has 0 aliphatic rings. The number of hydrogen-bond acceptors (Lipinski definition) is 2. The van der Waals surface area contributed by atoms with Crippen molar-refractivity contribution in [3.8, 4) is 0 Å². The van der Waals surface area contributed by atoms with E-state index in [1.54, 1.807) is 6.07 Å². The standard InChI is InChI=1S/C10H13ClFNO/c1-10(2,14)9(13)7-4-3-6(11)5-8(7)12/h3-5,9,14H,13H2,1-2H3. The molecule has 0 saturated carbocycles. The van der Waals surface area contributed by atoms with Gasteiger partial charge in [-0.1, -0.05) is 17.7 Å². The third-order valence-corrected chi connectivity index (χ3v) is 2.29. The monoisotopic (exact) mass is 217 g/mol. The molecule has 1 unspecified atom stereocenters. The van der Waals surface area contributed by atoms with Crippen molar-refractivity contribution in [2.45, 2.75) is 25.5 Å². The maximum atomic E-state index is 13.4. The zero-order valence-corrected chi connectivity index (χ0v) is 8.85. The molecule has 0 spiro atoms. The first-order valence-corrected chi connectivity index (χ1v) is 4.63. The second-order valence-corrected chi connectivity index (χ2v) is 4.23. The summed E-state index contributed by atoms with van der Waals surface area (Å²) in [4.78, 5) is 0. The molecule has 0 saturated heterocycles. The summed E-state index contributed by atoms with van der Waals surface area (Å²) >= 11 is 5.59. The molecule has 14 heavy (non-hydrogen) atoms. The molecule has 0 amide bonds. The highest BCUT2D eigenvalue weighted by atomic mass is 35.5. The zero-order chi connectivity index (χ0) is 10.9. The van der Waals surface area contributed by atoms with Crippen molar-refractivity contribution in [2.75, 3.05) is 0 Å². The Bertz CT molecular complexity index is 335. The molecule has 0 fully saturated rings. The molecular formula is C10H13ClFNO. The largest absolute Gasteiger partial charge is 0.388 e. The second kappa shape index (κ2) is 3.85. The summed E-state index contributed by atoms with van der Waals surface area (Å²) < 4.78 is 13.4. The maximum Gasteiger partial charge on any atom is 0.129 e. The fourth-order valence-electron chi connectivity index (χ4n) is 1.13. The molecule has 1 atom stereocenters. The predicted octanol–water partition coefficient (Wildman–Crippen LogP) is 2.25. The molecule has 1 aromatic rings. The van der Waals surface area contributed by atoms with Gasteiger partial charge >= 0.3 is 0 Å². The molecule has 0 bridgehead atoms. The Morgan fingerprint density at radius 1 is 1.50 bits per heavy atom. The minimum Gasteiger partial charge on any atom is -0.388 e. The number of aliphatic hydroxyl groups is 1. The van der Waals surface area contributed by atoms with Crippen molar-refractivity contribution in [1.29, 1.82) is 0 Å². The molecule has 4 heteroatoms. The molecule has 3 N–H and O–H groups in total. The highest BCUT2D eigenvalue weighted by molar-refractivity contribution is 6.30. The van der Waals surface area contributed by atoms with Gasteiger partial charge in [0.05, 0.1) is 11.6 Å². The van der Waals surface area contributed by atoms with Gasteiger partial charge in [-0.2, -0.15) is 0 Å². The first kappa shape index (κ1) is 11.4. The Kier molecular flexibility index (Phi) is 3.14. The lowest BCUT2D eigenvalue weighted by Gasteiger charge is -2.26. The lowest BCUT2D eigenvalue weighted by atomic mass is 9.92. The van der Waals surface area contributed by atoms with E-state index in [1.165, 1.54) is 26.0 Å². The van der Waals surface area contributed by atoms with Crippen LogP contribution in [0.4, 0.5) is 4.39 Å². The Balaban J connectivity index is 3.08. The smallest absolute Gasteiger partial charge is 0.129 e. The van der Waals surface area contributed by atoms with E-state index in [4.69, 9.17) is 17.3 Å². The average molecular weight is 218 g/mol. The lowest BCUT2D eigenvalue weighted by molar-refractivity contribution is 0.0505. The van der Waals surface area contributed by atoms with Gasteiger partial charge in [0.1, 0.15) is 5.82 Å². The van der Waals surface area contributed by atoms with Gasteiger partial charge < -0.3 is 10.8 Å². The van der Waals surface area contributed by atoms with Gasteiger partial charge in [0.2, 0.25) is 0 Å². The zero-order valence-electron chi connectivity index (χ0n) is 8.09. The van der Waals surface area contributed by atoms with Crippen molar-refractivity contribution < 1.29 is 9.50 Å². The molecule has 1 aromatic carbocycles. The van der Waals surface area contributed by atoms with Gasteiger partial charge in [-0.25, -0.2) is 4.39 Å². The van der Waals surface area contributed by atoms with Gasteiger partial charge in [-0.15, -0.1) is 0 Å². The van der Waals surface area contributed by atoms with Crippen LogP contribution in [0.3, 0.4) is 0 Å². The van der Waals surface area contributed by atoms with E-state index in [-0.39, 0.29) is 5.56 Å². The second-order valence-electron chi connectivity index (χ2n) is 3.80. The first-order valence-electron chi connectivity index (χ1n) is 4.25. The predicted molar refractivity (Wildman–Crippen MR) is 54.6 cm³/mol. The SMILES string of the molecule is CC(C)(O)C(N)c1ccc(Cl)cc1F. The van der Waals surface area contributed by atoms with E-state index in [9.17, 15) is 9.50 Å². The van der Waals surface area contributed by atoms with E-state index in [0.29, 0.717) is 5.02 Å². The van der Waals surface area contributed by atoms with E-state index in [1.807, 2.05) is 0 Å². The summed E-state index contributed by atoms with van der Waals surface area (Å²) in [6.07, 6.45) is 0. The molecule has 2 nitrogen and oxygen atoms in total. The number of halogens is 2.